The fourth-order valence-electron chi connectivity index (χ4n) is 3.44. The lowest BCUT2D eigenvalue weighted by atomic mass is 10.0. The molecule has 0 saturated carbocycles. The number of aliphatic carboxylic acids is 1. The molecular weight excluding hydrogens is 451 g/mol. The molecule has 2 fully saturated rings. The fraction of sp³-hybridized carbons (Fsp3) is 0.450. The molecule has 1 atom stereocenters. The molecule has 0 aliphatic carbocycles. The molecule has 12 heteroatoms. The third-order valence-electron chi connectivity index (χ3n) is 4.91. The number of carbonyl (C=O) groups excluding carboxylic acids is 1. The number of halogens is 3. The quantitative estimate of drug-likeness (QED) is 0.717. The number of aromatic nitrogens is 1. The Balaban J connectivity index is 0.000000360. The summed E-state index contributed by atoms with van der Waals surface area (Å²) in [6.07, 6.45) is -1.46. The van der Waals surface area contributed by atoms with Crippen molar-refractivity contribution in [3.8, 4) is 0 Å². The van der Waals surface area contributed by atoms with Gasteiger partial charge < -0.3 is 24.4 Å². The van der Waals surface area contributed by atoms with Crippen LogP contribution in [-0.4, -0.2) is 84.6 Å². The summed E-state index contributed by atoms with van der Waals surface area (Å²) in [5, 5.41) is 11.0. The number of carbonyl (C=O) groups is 2. The van der Waals surface area contributed by atoms with Crippen LogP contribution in [0.15, 0.2) is 41.4 Å². The number of nitrogens with zero attached hydrogens (tertiary/aromatic N) is 3. The number of anilines is 1. The maximum atomic E-state index is 12.7. The first-order chi connectivity index (χ1) is 15.2. The maximum Gasteiger partial charge on any atom is 0.490 e. The molecule has 4 heterocycles. The van der Waals surface area contributed by atoms with Crippen molar-refractivity contribution in [2.24, 2.45) is 0 Å². The lowest BCUT2D eigenvalue weighted by Crippen LogP contribution is -2.60. The second-order valence-corrected chi connectivity index (χ2v) is 8.04. The average molecular weight is 473 g/mol. The van der Waals surface area contributed by atoms with E-state index in [4.69, 9.17) is 19.4 Å². The second-order valence-electron chi connectivity index (χ2n) is 7.26. The van der Waals surface area contributed by atoms with Crippen LogP contribution in [0.25, 0.3) is 0 Å². The Morgan fingerprint density at radius 3 is 2.59 bits per heavy atom. The van der Waals surface area contributed by atoms with Crippen molar-refractivity contribution >= 4 is 28.9 Å². The van der Waals surface area contributed by atoms with E-state index in [1.165, 1.54) is 0 Å². The van der Waals surface area contributed by atoms with Crippen LogP contribution in [0.2, 0.25) is 0 Å². The number of pyridine rings is 1. The largest absolute Gasteiger partial charge is 0.490 e. The third kappa shape index (κ3) is 6.17. The Bertz CT molecular complexity index is 898. The van der Waals surface area contributed by atoms with Gasteiger partial charge in [-0.25, -0.2) is 4.79 Å². The van der Waals surface area contributed by atoms with Crippen LogP contribution in [0, 0.1) is 0 Å². The number of thiophene rings is 1. The van der Waals surface area contributed by atoms with E-state index in [1.807, 2.05) is 40.1 Å². The molecule has 1 unspecified atom stereocenters. The molecule has 2 aromatic heterocycles. The van der Waals surface area contributed by atoms with E-state index in [9.17, 15) is 18.0 Å². The maximum absolute atomic E-state index is 12.7. The summed E-state index contributed by atoms with van der Waals surface area (Å²) in [5.41, 5.74) is 1.30. The number of amides is 1. The van der Waals surface area contributed by atoms with Crippen molar-refractivity contribution in [3.05, 3.63) is 46.9 Å². The van der Waals surface area contributed by atoms with Crippen LogP contribution in [0.4, 0.5) is 18.9 Å². The monoisotopic (exact) mass is 473 g/mol. The van der Waals surface area contributed by atoms with E-state index in [0.29, 0.717) is 39.5 Å². The Kier molecular flexibility index (Phi) is 7.69. The summed E-state index contributed by atoms with van der Waals surface area (Å²) in [4.78, 5) is 30.0. The van der Waals surface area contributed by atoms with Gasteiger partial charge in [-0.05, 0) is 23.6 Å². The normalized spacial score (nSPS) is 21.5. The van der Waals surface area contributed by atoms with E-state index in [1.54, 1.807) is 17.5 Å². The first-order valence-corrected chi connectivity index (χ1v) is 10.6. The van der Waals surface area contributed by atoms with Gasteiger partial charge in [0.05, 0.1) is 50.4 Å². The van der Waals surface area contributed by atoms with Gasteiger partial charge in [0.25, 0.3) is 5.91 Å². The van der Waals surface area contributed by atoms with Crippen molar-refractivity contribution in [3.63, 3.8) is 0 Å². The Hall–Kier alpha value is -2.70. The number of carboxylic acids is 1. The highest BCUT2D eigenvalue weighted by Gasteiger charge is 2.42. The van der Waals surface area contributed by atoms with Gasteiger partial charge in [0, 0.05) is 24.7 Å². The Morgan fingerprint density at radius 2 is 1.97 bits per heavy atom. The smallest absolute Gasteiger partial charge is 0.475 e. The minimum atomic E-state index is -5.08. The van der Waals surface area contributed by atoms with Crippen LogP contribution in [0.3, 0.4) is 0 Å². The summed E-state index contributed by atoms with van der Waals surface area (Å²) in [6.45, 7) is 4.29. The Morgan fingerprint density at radius 1 is 1.19 bits per heavy atom. The zero-order chi connectivity index (χ0) is 23.2. The van der Waals surface area contributed by atoms with Gasteiger partial charge in [-0.3, -0.25) is 9.78 Å². The summed E-state index contributed by atoms with van der Waals surface area (Å²) < 4.78 is 43.7. The topological polar surface area (TPSA) is 92.2 Å². The van der Waals surface area contributed by atoms with Gasteiger partial charge >= 0.3 is 12.1 Å². The van der Waals surface area contributed by atoms with E-state index in [2.05, 4.69) is 9.88 Å². The van der Waals surface area contributed by atoms with Gasteiger partial charge in [0.2, 0.25) is 0 Å². The van der Waals surface area contributed by atoms with Crippen LogP contribution in [-0.2, 0) is 14.3 Å². The molecule has 2 aliphatic heterocycles. The zero-order valence-corrected chi connectivity index (χ0v) is 17.8. The van der Waals surface area contributed by atoms with Gasteiger partial charge in [-0.2, -0.15) is 24.5 Å². The molecule has 174 valence electrons. The standard InChI is InChI=1S/C18H21N3O3S.C2HF3O2/c22-17(15-3-9-25-11-15)21-6-8-24-18(13-21)12-20(5-7-23-14-18)16-2-1-4-19-10-16;3-2(4,5)1(6)7/h1-4,9-11H,5-8,12-14H2;(H,6,7). The minimum Gasteiger partial charge on any atom is -0.475 e. The number of alkyl halides is 3. The highest BCUT2D eigenvalue weighted by Crippen LogP contribution is 2.26. The van der Waals surface area contributed by atoms with Crippen molar-refractivity contribution in [1.29, 1.82) is 0 Å². The molecule has 2 saturated heterocycles. The lowest BCUT2D eigenvalue weighted by Gasteiger charge is -2.43. The van der Waals surface area contributed by atoms with Crippen molar-refractivity contribution < 1.29 is 37.3 Å². The van der Waals surface area contributed by atoms with Gasteiger partial charge in [-0.15, -0.1) is 0 Å². The zero-order valence-electron chi connectivity index (χ0n) is 17.0. The highest BCUT2D eigenvalue weighted by atomic mass is 32.1. The molecule has 2 aliphatic rings. The SMILES string of the molecule is O=C(O)C(F)(F)F.O=C(c1ccsc1)N1CCOC2(COCCN(c3cccnc3)C2)C1. The van der Waals surface area contributed by atoms with Crippen LogP contribution in [0.5, 0.6) is 0 Å². The van der Waals surface area contributed by atoms with Gasteiger partial charge in [0.15, 0.2) is 0 Å². The molecule has 8 nitrogen and oxygen atoms in total. The van der Waals surface area contributed by atoms with E-state index >= 15 is 0 Å². The second kappa shape index (κ2) is 10.3. The van der Waals surface area contributed by atoms with Crippen LogP contribution >= 0.6 is 11.3 Å². The third-order valence-corrected chi connectivity index (χ3v) is 5.59. The first kappa shape index (κ1) is 24.0. The van der Waals surface area contributed by atoms with E-state index in [-0.39, 0.29) is 5.91 Å². The number of morpholine rings is 1. The molecule has 0 bridgehead atoms. The number of hydrogen-bond acceptors (Lipinski definition) is 7. The number of carboxylic acid groups (broad SMARTS) is 1. The lowest BCUT2D eigenvalue weighted by molar-refractivity contribution is -0.192. The first-order valence-electron chi connectivity index (χ1n) is 9.68. The fourth-order valence-corrected chi connectivity index (χ4v) is 4.07. The molecule has 0 radical (unpaired) electrons. The molecule has 1 spiro atoms. The minimum absolute atomic E-state index is 0.0705. The highest BCUT2D eigenvalue weighted by molar-refractivity contribution is 7.08. The summed E-state index contributed by atoms with van der Waals surface area (Å²) in [6, 6.07) is 5.85. The van der Waals surface area contributed by atoms with E-state index in [0.717, 1.165) is 17.8 Å². The van der Waals surface area contributed by atoms with E-state index < -0.39 is 17.7 Å². The number of hydrogen-bond donors (Lipinski definition) is 1. The number of ether oxygens (including phenoxy) is 2. The molecule has 1 amide bonds. The Labute approximate surface area is 186 Å². The molecule has 1 N–H and O–H groups in total. The van der Waals surface area contributed by atoms with Crippen LogP contribution < -0.4 is 4.90 Å². The predicted molar refractivity (Wildman–Crippen MR) is 110 cm³/mol. The molecule has 4 rings (SSSR count). The molecule has 0 aromatic carbocycles. The van der Waals surface area contributed by atoms with Crippen molar-refractivity contribution in [2.75, 3.05) is 50.9 Å². The summed E-state index contributed by atoms with van der Waals surface area (Å²) >= 11 is 1.54. The number of rotatable bonds is 2. The predicted octanol–water partition coefficient (Wildman–Crippen LogP) is 2.52. The molecular formula is C20H22F3N3O5S. The average Bonchev–Trinajstić information content (AvgIpc) is 3.23. The van der Waals surface area contributed by atoms with Gasteiger partial charge in [0.1, 0.15) is 5.60 Å². The van der Waals surface area contributed by atoms with Crippen LogP contribution in [0.1, 0.15) is 10.4 Å². The summed E-state index contributed by atoms with van der Waals surface area (Å²) in [7, 11) is 0. The van der Waals surface area contributed by atoms with Gasteiger partial charge in [-0.1, -0.05) is 0 Å². The van der Waals surface area contributed by atoms with Crippen molar-refractivity contribution in [2.45, 2.75) is 11.8 Å². The summed E-state index contributed by atoms with van der Waals surface area (Å²) in [5.74, 6) is -2.69. The van der Waals surface area contributed by atoms with Crippen molar-refractivity contribution in [1.82, 2.24) is 9.88 Å². The molecule has 32 heavy (non-hydrogen) atoms. The molecule has 2 aromatic rings.